The van der Waals surface area contributed by atoms with Crippen LogP contribution in [-0.4, -0.2) is 53.3 Å². The molecule has 0 saturated carbocycles. The van der Waals surface area contributed by atoms with Crippen LogP contribution in [0.25, 0.3) is 0 Å². The number of carbonyl (C=O) groups excluding carboxylic acids is 1. The molecule has 110 valence electrons. The number of nitrogens with zero attached hydrogens (tertiary/aromatic N) is 1. The number of urea groups is 1. The van der Waals surface area contributed by atoms with Gasteiger partial charge in [-0.05, 0) is 20.3 Å². The van der Waals surface area contributed by atoms with Gasteiger partial charge in [0.25, 0.3) is 0 Å². The molecule has 6 heteroatoms. The summed E-state index contributed by atoms with van der Waals surface area (Å²) in [4.78, 5) is 25.3. The minimum Gasteiger partial charge on any atom is -0.480 e. The van der Waals surface area contributed by atoms with Gasteiger partial charge in [0.1, 0.15) is 5.54 Å². The number of rotatable bonds is 4. The van der Waals surface area contributed by atoms with E-state index in [9.17, 15) is 14.7 Å². The Bertz CT molecular complexity index is 349. The van der Waals surface area contributed by atoms with Crippen molar-refractivity contribution in [2.24, 2.45) is 0 Å². The highest BCUT2D eigenvalue weighted by Crippen LogP contribution is 2.23. The summed E-state index contributed by atoms with van der Waals surface area (Å²) >= 11 is 0. The van der Waals surface area contributed by atoms with Gasteiger partial charge in [-0.25, -0.2) is 9.59 Å². The topological polar surface area (TPSA) is 78.9 Å². The molecule has 0 aromatic rings. The Labute approximate surface area is 114 Å². The molecule has 19 heavy (non-hydrogen) atoms. The van der Waals surface area contributed by atoms with E-state index in [1.165, 1.54) is 0 Å². The number of hydrogen-bond acceptors (Lipinski definition) is 3. The fraction of sp³-hybridized carbons (Fsp3) is 0.846. The van der Waals surface area contributed by atoms with Gasteiger partial charge in [0.15, 0.2) is 0 Å². The molecule has 1 fully saturated rings. The normalized spacial score (nSPS) is 18.7. The second-order valence-corrected chi connectivity index (χ2v) is 5.65. The molecule has 0 atom stereocenters. The molecule has 0 unspecified atom stereocenters. The van der Waals surface area contributed by atoms with E-state index in [1.54, 1.807) is 11.9 Å². The lowest BCUT2D eigenvalue weighted by molar-refractivity contribution is -0.148. The van der Waals surface area contributed by atoms with Gasteiger partial charge in [-0.15, -0.1) is 0 Å². The fourth-order valence-electron chi connectivity index (χ4n) is 1.91. The molecule has 2 amide bonds. The summed E-state index contributed by atoms with van der Waals surface area (Å²) in [5.74, 6) is -0.994. The zero-order valence-corrected chi connectivity index (χ0v) is 12.2. The van der Waals surface area contributed by atoms with Crippen molar-refractivity contribution in [3.8, 4) is 0 Å². The molecule has 1 rings (SSSR count). The monoisotopic (exact) mass is 272 g/mol. The maximum Gasteiger partial charge on any atom is 0.329 e. The average Bonchev–Trinajstić information content (AvgIpc) is 2.38. The standard InChI is InChI=1S/C13H24N2O4/c1-5-12(2,3)15(4)11(18)14-13(10(16)17)6-8-19-9-7-13/h5-9H2,1-4H3,(H,14,18)(H,16,17). The predicted octanol–water partition coefficient (Wildman–Crippen LogP) is 1.45. The summed E-state index contributed by atoms with van der Waals surface area (Å²) in [5, 5.41) is 12.1. The van der Waals surface area contributed by atoms with Crippen LogP contribution in [0.4, 0.5) is 4.79 Å². The first-order valence-corrected chi connectivity index (χ1v) is 6.62. The van der Waals surface area contributed by atoms with Gasteiger partial charge >= 0.3 is 12.0 Å². The highest BCUT2D eigenvalue weighted by molar-refractivity contribution is 5.86. The second-order valence-electron chi connectivity index (χ2n) is 5.65. The highest BCUT2D eigenvalue weighted by atomic mass is 16.5. The lowest BCUT2D eigenvalue weighted by Gasteiger charge is -2.39. The number of amides is 2. The van der Waals surface area contributed by atoms with E-state index in [1.807, 2.05) is 20.8 Å². The van der Waals surface area contributed by atoms with Gasteiger partial charge in [0.05, 0.1) is 0 Å². The molecule has 1 heterocycles. The van der Waals surface area contributed by atoms with E-state index in [2.05, 4.69) is 5.32 Å². The van der Waals surface area contributed by atoms with E-state index in [-0.39, 0.29) is 11.6 Å². The molecule has 1 aliphatic heterocycles. The van der Waals surface area contributed by atoms with Crippen molar-refractivity contribution < 1.29 is 19.4 Å². The van der Waals surface area contributed by atoms with Crippen LogP contribution in [0.1, 0.15) is 40.0 Å². The third-order valence-corrected chi connectivity index (χ3v) is 4.18. The predicted molar refractivity (Wildman–Crippen MR) is 71.1 cm³/mol. The molecule has 0 radical (unpaired) electrons. The minimum absolute atomic E-state index is 0.300. The number of carboxylic acids is 1. The van der Waals surface area contributed by atoms with Crippen LogP contribution in [0, 0.1) is 0 Å². The summed E-state index contributed by atoms with van der Waals surface area (Å²) in [7, 11) is 1.69. The quantitative estimate of drug-likeness (QED) is 0.812. The van der Waals surface area contributed by atoms with Gasteiger partial charge in [-0.2, -0.15) is 0 Å². The Hall–Kier alpha value is -1.30. The van der Waals surface area contributed by atoms with Gasteiger partial charge in [-0.1, -0.05) is 6.92 Å². The molecule has 1 aliphatic rings. The van der Waals surface area contributed by atoms with E-state index >= 15 is 0 Å². The Morgan fingerprint density at radius 1 is 1.37 bits per heavy atom. The summed E-state index contributed by atoms with van der Waals surface area (Å²) in [6.07, 6.45) is 1.39. The Balaban J connectivity index is 2.80. The van der Waals surface area contributed by atoms with Gasteiger partial charge < -0.3 is 20.1 Å². The zero-order valence-electron chi connectivity index (χ0n) is 12.2. The molecular weight excluding hydrogens is 248 g/mol. The Kier molecular flexibility index (Phi) is 4.79. The summed E-state index contributed by atoms with van der Waals surface area (Å²) in [6.45, 7) is 6.60. The third kappa shape index (κ3) is 3.37. The fourth-order valence-corrected chi connectivity index (χ4v) is 1.91. The summed E-state index contributed by atoms with van der Waals surface area (Å²) in [5.41, 5.74) is -1.51. The number of carbonyl (C=O) groups is 2. The minimum atomic E-state index is -1.20. The SMILES string of the molecule is CCC(C)(C)N(C)C(=O)NC1(C(=O)O)CCOCC1. The van der Waals surface area contributed by atoms with Crippen LogP contribution in [-0.2, 0) is 9.53 Å². The van der Waals surface area contributed by atoms with E-state index < -0.39 is 11.5 Å². The van der Waals surface area contributed by atoms with Crippen molar-refractivity contribution in [2.75, 3.05) is 20.3 Å². The van der Waals surface area contributed by atoms with Gasteiger partial charge in [0.2, 0.25) is 0 Å². The van der Waals surface area contributed by atoms with E-state index in [0.29, 0.717) is 26.1 Å². The second kappa shape index (κ2) is 5.77. The average molecular weight is 272 g/mol. The summed E-state index contributed by atoms with van der Waals surface area (Å²) in [6, 6.07) is -0.351. The van der Waals surface area contributed by atoms with Crippen molar-refractivity contribution in [1.82, 2.24) is 10.2 Å². The maximum absolute atomic E-state index is 12.2. The van der Waals surface area contributed by atoms with Crippen LogP contribution in [0.5, 0.6) is 0 Å². The van der Waals surface area contributed by atoms with Crippen LogP contribution in [0.2, 0.25) is 0 Å². The van der Waals surface area contributed by atoms with Crippen molar-refractivity contribution in [2.45, 2.75) is 51.1 Å². The molecular formula is C13H24N2O4. The highest BCUT2D eigenvalue weighted by Gasteiger charge is 2.43. The molecule has 0 aliphatic carbocycles. The van der Waals surface area contributed by atoms with Crippen LogP contribution >= 0.6 is 0 Å². The number of ether oxygens (including phenoxy) is 1. The summed E-state index contributed by atoms with van der Waals surface area (Å²) < 4.78 is 5.18. The first kappa shape index (κ1) is 15.8. The first-order valence-electron chi connectivity index (χ1n) is 6.62. The van der Waals surface area contributed by atoms with Crippen LogP contribution in [0.3, 0.4) is 0 Å². The molecule has 0 aromatic carbocycles. The largest absolute Gasteiger partial charge is 0.480 e. The van der Waals surface area contributed by atoms with Gasteiger partial charge in [-0.3, -0.25) is 0 Å². The smallest absolute Gasteiger partial charge is 0.329 e. The van der Waals surface area contributed by atoms with Gasteiger partial charge in [0, 0.05) is 38.6 Å². The molecule has 0 spiro atoms. The van der Waals surface area contributed by atoms with Crippen molar-refractivity contribution in [3.63, 3.8) is 0 Å². The van der Waals surface area contributed by atoms with Crippen LogP contribution < -0.4 is 5.32 Å². The number of nitrogens with one attached hydrogen (secondary N) is 1. The maximum atomic E-state index is 12.2. The molecule has 2 N–H and O–H groups in total. The number of hydrogen-bond donors (Lipinski definition) is 2. The lowest BCUT2D eigenvalue weighted by atomic mass is 9.90. The molecule has 1 saturated heterocycles. The van der Waals surface area contributed by atoms with Crippen molar-refractivity contribution in [3.05, 3.63) is 0 Å². The lowest BCUT2D eigenvalue weighted by Crippen LogP contribution is -2.62. The van der Waals surface area contributed by atoms with Crippen LogP contribution in [0.15, 0.2) is 0 Å². The molecule has 0 bridgehead atoms. The van der Waals surface area contributed by atoms with E-state index in [4.69, 9.17) is 4.74 Å². The first-order chi connectivity index (χ1) is 8.75. The Morgan fingerprint density at radius 3 is 2.32 bits per heavy atom. The van der Waals surface area contributed by atoms with E-state index in [0.717, 1.165) is 6.42 Å². The third-order valence-electron chi connectivity index (χ3n) is 4.18. The zero-order chi connectivity index (χ0) is 14.7. The van der Waals surface area contributed by atoms with Crippen molar-refractivity contribution in [1.29, 1.82) is 0 Å². The molecule has 0 aromatic heterocycles. The number of carboxylic acid groups (broad SMARTS) is 1. The Morgan fingerprint density at radius 2 is 1.89 bits per heavy atom. The van der Waals surface area contributed by atoms with Crippen molar-refractivity contribution >= 4 is 12.0 Å². The number of aliphatic carboxylic acids is 1. The molecule has 6 nitrogen and oxygen atoms in total.